The largest absolute Gasteiger partial charge is 0.369 e. The van der Waals surface area contributed by atoms with Crippen LogP contribution in [-0.2, 0) is 10.0 Å². The number of para-hydroxylation sites is 1. The molecule has 158 valence electrons. The summed E-state index contributed by atoms with van der Waals surface area (Å²) < 4.78 is 27.5. The Morgan fingerprint density at radius 1 is 1.13 bits per heavy atom. The molecule has 0 spiro atoms. The maximum absolute atomic E-state index is 13.4. The van der Waals surface area contributed by atoms with Crippen molar-refractivity contribution in [2.24, 2.45) is 16.6 Å². The molecular weight excluding hydrogens is 449 g/mol. The fourth-order valence-corrected chi connectivity index (χ4v) is 4.43. The van der Waals surface area contributed by atoms with E-state index in [0.717, 1.165) is 4.41 Å². The summed E-state index contributed by atoms with van der Waals surface area (Å²) >= 11 is 6.23. The molecule has 9 nitrogen and oxygen atoms in total. The van der Waals surface area contributed by atoms with Crippen molar-refractivity contribution in [2.45, 2.75) is 11.8 Å². The number of hydrogen-bond acceptors (Lipinski definition) is 6. The highest BCUT2D eigenvalue weighted by Gasteiger charge is 2.28. The van der Waals surface area contributed by atoms with Crippen LogP contribution in [0.3, 0.4) is 0 Å². The Balaban J connectivity index is 0.00000320. The molecule has 0 saturated carbocycles. The van der Waals surface area contributed by atoms with Crippen molar-refractivity contribution in [3.63, 3.8) is 0 Å². The quantitative estimate of drug-likeness (QED) is 0.295. The third-order valence-corrected chi connectivity index (χ3v) is 6.01. The molecule has 3 aromatic rings. The summed E-state index contributed by atoms with van der Waals surface area (Å²) in [6.45, 7) is 1.74. The van der Waals surface area contributed by atoms with E-state index in [1.807, 2.05) is 0 Å². The van der Waals surface area contributed by atoms with Crippen molar-refractivity contribution in [1.29, 1.82) is 0 Å². The van der Waals surface area contributed by atoms with Crippen LogP contribution in [0.1, 0.15) is 5.69 Å². The number of rotatable bonds is 5. The third-order valence-electron chi connectivity index (χ3n) is 3.93. The highest BCUT2D eigenvalue weighted by molar-refractivity contribution is 7.92. The van der Waals surface area contributed by atoms with E-state index >= 15 is 0 Å². The van der Waals surface area contributed by atoms with E-state index in [1.54, 1.807) is 43.3 Å². The van der Waals surface area contributed by atoms with Crippen LogP contribution in [0.5, 0.6) is 0 Å². The maximum atomic E-state index is 13.4. The van der Waals surface area contributed by atoms with Gasteiger partial charge in [0.2, 0.25) is 11.9 Å². The van der Waals surface area contributed by atoms with Crippen LogP contribution in [0, 0.1) is 6.92 Å². The lowest BCUT2D eigenvalue weighted by Gasteiger charge is -2.20. The fourth-order valence-electron chi connectivity index (χ4n) is 2.64. The molecule has 0 aliphatic rings. The van der Waals surface area contributed by atoms with E-state index in [0.29, 0.717) is 16.8 Å². The van der Waals surface area contributed by atoms with E-state index in [1.165, 1.54) is 18.3 Å². The lowest BCUT2D eigenvalue weighted by atomic mass is 10.1. The molecule has 1 aromatic heterocycles. The Labute approximate surface area is 185 Å². The molecule has 0 aliphatic heterocycles. The zero-order valence-electron chi connectivity index (χ0n) is 15.7. The van der Waals surface area contributed by atoms with Crippen molar-refractivity contribution in [2.75, 3.05) is 10.1 Å². The highest BCUT2D eigenvalue weighted by Crippen LogP contribution is 2.33. The average Bonchev–Trinajstić information content (AvgIpc) is 2.67. The number of anilines is 2. The second-order valence-electron chi connectivity index (χ2n) is 5.98. The van der Waals surface area contributed by atoms with Crippen molar-refractivity contribution in [3.05, 3.63) is 65.4 Å². The van der Waals surface area contributed by atoms with Gasteiger partial charge in [0.1, 0.15) is 4.90 Å². The van der Waals surface area contributed by atoms with E-state index < -0.39 is 16.0 Å². The Hall–Kier alpha value is -3.08. The van der Waals surface area contributed by atoms with Crippen LogP contribution >= 0.6 is 24.0 Å². The SMILES string of the molecule is Cc1nc(N)ncc1-c1ccc(Cl)c(S(=O)(=O)N(N=C(N)N)c2ccccc2)c1.Cl. The number of nitrogen functional groups attached to an aromatic ring is 1. The van der Waals surface area contributed by atoms with Crippen molar-refractivity contribution < 1.29 is 8.42 Å². The molecular formula is C18H19Cl2N7O2S. The van der Waals surface area contributed by atoms with Gasteiger partial charge in [-0.1, -0.05) is 35.9 Å². The van der Waals surface area contributed by atoms with Gasteiger partial charge in [-0.05, 0) is 36.8 Å². The number of nitrogens with two attached hydrogens (primary N) is 3. The van der Waals surface area contributed by atoms with Gasteiger partial charge >= 0.3 is 0 Å². The second kappa shape index (κ2) is 9.16. The highest BCUT2D eigenvalue weighted by atomic mass is 35.5. The molecule has 0 fully saturated rings. The zero-order valence-corrected chi connectivity index (χ0v) is 18.1. The first-order valence-electron chi connectivity index (χ1n) is 8.29. The number of aryl methyl sites for hydroxylation is 1. The number of sulfonamides is 1. The number of aromatic nitrogens is 2. The van der Waals surface area contributed by atoms with E-state index in [-0.39, 0.29) is 34.0 Å². The summed E-state index contributed by atoms with van der Waals surface area (Å²) in [5, 5.41) is 3.79. The van der Waals surface area contributed by atoms with Crippen LogP contribution in [0.4, 0.5) is 11.6 Å². The minimum absolute atomic E-state index is 0. The van der Waals surface area contributed by atoms with Gasteiger partial charge in [-0.25, -0.2) is 9.97 Å². The first-order chi connectivity index (χ1) is 13.7. The Kier molecular flexibility index (Phi) is 7.08. The molecule has 1 heterocycles. The van der Waals surface area contributed by atoms with Gasteiger partial charge in [-0.3, -0.25) is 0 Å². The minimum Gasteiger partial charge on any atom is -0.369 e. The molecule has 3 rings (SSSR count). The number of nitrogens with zero attached hydrogens (tertiary/aromatic N) is 4. The molecule has 0 radical (unpaired) electrons. The standard InChI is InChI=1S/C18H18ClN7O2S.ClH/c1-11-14(10-23-18(22)24-11)12-7-8-15(19)16(9-12)29(27,28)26(25-17(20)21)13-5-3-2-4-6-13;/h2-10H,1H3,(H4,20,21,25)(H2,22,23,24);1H. The van der Waals surface area contributed by atoms with Gasteiger partial charge in [-0.2, -0.15) is 12.8 Å². The first-order valence-corrected chi connectivity index (χ1v) is 10.1. The number of benzene rings is 2. The molecule has 30 heavy (non-hydrogen) atoms. The molecule has 0 amide bonds. The predicted molar refractivity (Wildman–Crippen MR) is 121 cm³/mol. The van der Waals surface area contributed by atoms with Crippen LogP contribution in [0.2, 0.25) is 5.02 Å². The first kappa shape index (κ1) is 23.2. The Bertz CT molecular complexity index is 1180. The summed E-state index contributed by atoms with van der Waals surface area (Å²) in [4.78, 5) is 7.90. The number of guanidine groups is 1. The van der Waals surface area contributed by atoms with Gasteiger partial charge < -0.3 is 17.2 Å². The molecule has 0 bridgehead atoms. The van der Waals surface area contributed by atoms with E-state index in [9.17, 15) is 8.42 Å². The number of hydrogen-bond donors (Lipinski definition) is 3. The van der Waals surface area contributed by atoms with Crippen molar-refractivity contribution in [1.82, 2.24) is 9.97 Å². The van der Waals surface area contributed by atoms with Crippen LogP contribution in [0.15, 0.2) is 64.7 Å². The number of halogens is 2. The molecule has 0 unspecified atom stereocenters. The monoisotopic (exact) mass is 467 g/mol. The van der Waals surface area contributed by atoms with Gasteiger partial charge in [0.05, 0.1) is 16.4 Å². The molecule has 0 atom stereocenters. The lowest BCUT2D eigenvalue weighted by Crippen LogP contribution is -2.33. The van der Waals surface area contributed by atoms with Gasteiger partial charge in [0, 0.05) is 11.8 Å². The maximum Gasteiger partial charge on any atom is 0.285 e. The summed E-state index contributed by atoms with van der Waals surface area (Å²) in [5.41, 5.74) is 18.5. The average molecular weight is 468 g/mol. The lowest BCUT2D eigenvalue weighted by molar-refractivity contribution is 0.592. The molecule has 0 aliphatic carbocycles. The molecule has 2 aromatic carbocycles. The summed E-state index contributed by atoms with van der Waals surface area (Å²) in [6, 6.07) is 12.7. The fraction of sp³-hybridized carbons (Fsp3) is 0.0556. The summed E-state index contributed by atoms with van der Waals surface area (Å²) in [6.07, 6.45) is 1.52. The Morgan fingerprint density at radius 2 is 1.80 bits per heavy atom. The van der Waals surface area contributed by atoms with Crippen molar-refractivity contribution in [3.8, 4) is 11.1 Å². The smallest absolute Gasteiger partial charge is 0.285 e. The number of hydrazone groups is 1. The topological polar surface area (TPSA) is 154 Å². The summed E-state index contributed by atoms with van der Waals surface area (Å²) in [7, 11) is -4.24. The predicted octanol–water partition coefficient (Wildman–Crippen LogP) is 2.49. The van der Waals surface area contributed by atoms with Gasteiger partial charge in [0.15, 0.2) is 0 Å². The van der Waals surface area contributed by atoms with Crippen molar-refractivity contribution >= 4 is 51.6 Å². The van der Waals surface area contributed by atoms with Crippen LogP contribution in [0.25, 0.3) is 11.1 Å². The molecule has 12 heteroatoms. The third kappa shape index (κ3) is 4.73. The van der Waals surface area contributed by atoms with E-state index in [2.05, 4.69) is 15.1 Å². The Morgan fingerprint density at radius 3 is 2.40 bits per heavy atom. The van der Waals surface area contributed by atoms with Crippen LogP contribution in [-0.4, -0.2) is 24.3 Å². The van der Waals surface area contributed by atoms with Crippen LogP contribution < -0.4 is 21.6 Å². The molecule has 6 N–H and O–H groups in total. The molecule has 0 saturated heterocycles. The zero-order chi connectivity index (χ0) is 21.2. The normalized spacial score (nSPS) is 10.7. The summed E-state index contributed by atoms with van der Waals surface area (Å²) in [5.74, 6) is -0.302. The second-order valence-corrected chi connectivity index (χ2v) is 8.12. The minimum atomic E-state index is -4.24. The van der Waals surface area contributed by atoms with Gasteiger partial charge in [-0.15, -0.1) is 17.5 Å². The van der Waals surface area contributed by atoms with Gasteiger partial charge in [0.25, 0.3) is 10.0 Å². The van der Waals surface area contributed by atoms with E-state index in [4.69, 9.17) is 28.8 Å².